The first-order valence-corrected chi connectivity index (χ1v) is 10.1. The third-order valence-corrected chi connectivity index (χ3v) is 6.40. The van der Waals surface area contributed by atoms with Crippen molar-refractivity contribution in [2.45, 2.75) is 4.90 Å². The van der Waals surface area contributed by atoms with Crippen molar-refractivity contribution in [3.63, 3.8) is 0 Å². The van der Waals surface area contributed by atoms with Gasteiger partial charge < -0.3 is 9.47 Å². The summed E-state index contributed by atoms with van der Waals surface area (Å²) in [7, 11) is -2.57. The van der Waals surface area contributed by atoms with E-state index in [1.54, 1.807) is 30.3 Å². The first kappa shape index (κ1) is 21.2. The summed E-state index contributed by atoms with van der Waals surface area (Å²) in [6, 6.07) is 9.44. The van der Waals surface area contributed by atoms with Gasteiger partial charge in [-0.2, -0.15) is 0 Å². The maximum Gasteiger partial charge on any atom is 0.266 e. The quantitative estimate of drug-likeness (QED) is 0.531. The second kappa shape index (κ2) is 9.17. The highest BCUT2D eigenvalue weighted by Gasteiger charge is 2.28. The Kier molecular flexibility index (Phi) is 7.18. The van der Waals surface area contributed by atoms with Gasteiger partial charge in [0.1, 0.15) is 28.0 Å². The van der Waals surface area contributed by atoms with E-state index in [4.69, 9.17) is 32.7 Å². The van der Waals surface area contributed by atoms with Crippen LogP contribution in [0.5, 0.6) is 11.5 Å². The molecule has 0 atom stereocenters. The fourth-order valence-electron chi connectivity index (χ4n) is 2.31. The van der Waals surface area contributed by atoms with Gasteiger partial charge in [0.15, 0.2) is 0 Å². The number of benzene rings is 2. The molecule has 0 bridgehead atoms. The summed E-state index contributed by atoms with van der Waals surface area (Å²) in [6.45, 7) is 7.63. The lowest BCUT2D eigenvalue weighted by Gasteiger charge is -2.24. The molecule has 27 heavy (non-hydrogen) atoms. The van der Waals surface area contributed by atoms with Crippen LogP contribution in [0.15, 0.2) is 66.6 Å². The Hall–Kier alpha value is -2.15. The molecule has 0 heterocycles. The summed E-state index contributed by atoms with van der Waals surface area (Å²) < 4.78 is 38.1. The minimum Gasteiger partial charge on any atom is -0.495 e. The first-order valence-electron chi connectivity index (χ1n) is 7.86. The average molecular weight is 428 g/mol. The standard InChI is InChI=1S/C19H19Cl2NO4S/c1-4-12-22(14-6-8-15(9-7-14)26-13-5-2)27(23,24)17-11-10-16(25-3)18(20)19(17)21/h4-11H,1-2,12-13H2,3H3. The van der Waals surface area contributed by atoms with Crippen LogP contribution in [0.1, 0.15) is 0 Å². The third kappa shape index (κ3) is 4.58. The largest absolute Gasteiger partial charge is 0.495 e. The van der Waals surface area contributed by atoms with Crippen molar-refractivity contribution >= 4 is 38.9 Å². The van der Waals surface area contributed by atoms with E-state index < -0.39 is 10.0 Å². The Labute approximate surface area is 169 Å². The van der Waals surface area contributed by atoms with Crippen LogP contribution in [0.2, 0.25) is 10.0 Å². The molecule has 0 N–H and O–H groups in total. The lowest BCUT2D eigenvalue weighted by atomic mass is 10.3. The van der Waals surface area contributed by atoms with Crippen molar-refractivity contribution in [1.82, 2.24) is 0 Å². The molecular weight excluding hydrogens is 409 g/mol. The molecule has 0 spiro atoms. The molecule has 0 aliphatic heterocycles. The molecule has 0 radical (unpaired) electrons. The minimum absolute atomic E-state index is 0.0342. The molecule has 2 aromatic rings. The van der Waals surface area contributed by atoms with Gasteiger partial charge in [-0.1, -0.05) is 41.9 Å². The lowest BCUT2D eigenvalue weighted by molar-refractivity contribution is 0.363. The molecule has 0 amide bonds. The van der Waals surface area contributed by atoms with Gasteiger partial charge in [-0.3, -0.25) is 4.31 Å². The first-order chi connectivity index (χ1) is 12.9. The summed E-state index contributed by atoms with van der Waals surface area (Å²) in [6.07, 6.45) is 3.11. The van der Waals surface area contributed by atoms with Gasteiger partial charge >= 0.3 is 0 Å². The van der Waals surface area contributed by atoms with E-state index in [0.29, 0.717) is 23.8 Å². The van der Waals surface area contributed by atoms with Gasteiger partial charge in [0.25, 0.3) is 10.0 Å². The molecule has 0 aliphatic carbocycles. The van der Waals surface area contributed by atoms with Crippen LogP contribution >= 0.6 is 23.2 Å². The number of hydrogen-bond acceptors (Lipinski definition) is 4. The molecule has 0 aliphatic rings. The zero-order chi connectivity index (χ0) is 20.0. The van der Waals surface area contributed by atoms with Crippen molar-refractivity contribution in [2.24, 2.45) is 0 Å². The van der Waals surface area contributed by atoms with Crippen molar-refractivity contribution < 1.29 is 17.9 Å². The zero-order valence-corrected chi connectivity index (χ0v) is 17.0. The van der Waals surface area contributed by atoms with Crippen LogP contribution in [-0.2, 0) is 10.0 Å². The molecule has 144 valence electrons. The third-order valence-electron chi connectivity index (χ3n) is 3.59. The highest BCUT2D eigenvalue weighted by atomic mass is 35.5. The number of sulfonamides is 1. The van der Waals surface area contributed by atoms with Crippen LogP contribution in [0.4, 0.5) is 5.69 Å². The highest BCUT2D eigenvalue weighted by Crippen LogP contribution is 2.38. The summed E-state index contributed by atoms with van der Waals surface area (Å²) in [5, 5.41) is -0.0667. The van der Waals surface area contributed by atoms with Crippen LogP contribution in [0.3, 0.4) is 0 Å². The topological polar surface area (TPSA) is 55.8 Å². The van der Waals surface area contributed by atoms with Crippen molar-refractivity contribution in [1.29, 1.82) is 0 Å². The van der Waals surface area contributed by atoms with Crippen LogP contribution < -0.4 is 13.8 Å². The van der Waals surface area contributed by atoms with Crippen LogP contribution in [0, 0.1) is 0 Å². The second-order valence-corrected chi connectivity index (χ2v) is 7.90. The van der Waals surface area contributed by atoms with E-state index >= 15 is 0 Å². The normalized spacial score (nSPS) is 10.9. The van der Waals surface area contributed by atoms with Gasteiger partial charge in [-0.15, -0.1) is 6.58 Å². The molecule has 2 rings (SSSR count). The molecular formula is C19H19Cl2NO4S. The molecule has 0 saturated carbocycles. The smallest absolute Gasteiger partial charge is 0.266 e. The van der Waals surface area contributed by atoms with Gasteiger partial charge in [0, 0.05) is 0 Å². The number of nitrogens with zero attached hydrogens (tertiary/aromatic N) is 1. The minimum atomic E-state index is -3.99. The Morgan fingerprint density at radius 3 is 2.26 bits per heavy atom. The van der Waals surface area contributed by atoms with Gasteiger partial charge in [0.05, 0.1) is 24.4 Å². The van der Waals surface area contributed by atoms with E-state index in [0.717, 1.165) is 0 Å². The number of ether oxygens (including phenoxy) is 2. The van der Waals surface area contributed by atoms with Gasteiger partial charge in [0.2, 0.25) is 0 Å². The number of halogens is 2. The Morgan fingerprint density at radius 2 is 1.70 bits per heavy atom. The van der Waals surface area contributed by atoms with E-state index in [9.17, 15) is 8.42 Å². The van der Waals surface area contributed by atoms with Gasteiger partial charge in [-0.05, 0) is 36.4 Å². The van der Waals surface area contributed by atoms with E-state index in [-0.39, 0.29) is 21.5 Å². The van der Waals surface area contributed by atoms with Crippen LogP contribution in [0.25, 0.3) is 0 Å². The molecule has 0 saturated heterocycles. The summed E-state index contributed by atoms with van der Waals surface area (Å²) in [4.78, 5) is -0.121. The van der Waals surface area contributed by atoms with E-state index in [1.807, 2.05) is 0 Å². The fraction of sp³-hybridized carbons (Fsp3) is 0.158. The predicted molar refractivity (Wildman–Crippen MR) is 110 cm³/mol. The van der Waals surface area contributed by atoms with Crippen molar-refractivity contribution in [3.8, 4) is 11.5 Å². The Morgan fingerprint density at radius 1 is 1.04 bits per heavy atom. The van der Waals surface area contributed by atoms with Crippen LogP contribution in [-0.4, -0.2) is 28.7 Å². The monoisotopic (exact) mass is 427 g/mol. The zero-order valence-electron chi connectivity index (χ0n) is 14.7. The number of rotatable bonds is 9. The van der Waals surface area contributed by atoms with E-state index in [1.165, 1.54) is 29.6 Å². The molecule has 8 heteroatoms. The maximum absolute atomic E-state index is 13.2. The summed E-state index contributed by atoms with van der Waals surface area (Å²) in [5.41, 5.74) is 0.434. The lowest BCUT2D eigenvalue weighted by Crippen LogP contribution is -2.31. The summed E-state index contributed by atoms with van der Waals surface area (Å²) >= 11 is 12.3. The second-order valence-electron chi connectivity index (χ2n) is 5.31. The SMILES string of the molecule is C=CCOc1ccc(N(CC=C)S(=O)(=O)c2ccc(OC)c(Cl)c2Cl)cc1. The Bertz CT molecular complexity index is 927. The summed E-state index contributed by atoms with van der Waals surface area (Å²) in [5.74, 6) is 0.889. The van der Waals surface area contributed by atoms with E-state index in [2.05, 4.69) is 13.2 Å². The molecule has 0 aromatic heterocycles. The maximum atomic E-state index is 13.2. The number of methoxy groups -OCH3 is 1. The number of anilines is 1. The number of hydrogen-bond donors (Lipinski definition) is 0. The average Bonchev–Trinajstić information content (AvgIpc) is 2.66. The fourth-order valence-corrected chi connectivity index (χ4v) is 4.57. The van der Waals surface area contributed by atoms with Gasteiger partial charge in [-0.25, -0.2) is 8.42 Å². The molecule has 0 unspecified atom stereocenters. The molecule has 0 fully saturated rings. The molecule has 2 aromatic carbocycles. The van der Waals surface area contributed by atoms with Crippen molar-refractivity contribution in [3.05, 3.63) is 71.8 Å². The van der Waals surface area contributed by atoms with Crippen molar-refractivity contribution in [2.75, 3.05) is 24.6 Å². The molecule has 5 nitrogen and oxygen atoms in total. The predicted octanol–water partition coefficient (Wildman–Crippen LogP) is 4.95. The highest BCUT2D eigenvalue weighted by molar-refractivity contribution is 7.93. The Balaban J connectivity index is 2.47.